The predicted molar refractivity (Wildman–Crippen MR) is 87.7 cm³/mol. The summed E-state index contributed by atoms with van der Waals surface area (Å²) in [6, 6.07) is 1.01. The second-order valence-corrected chi connectivity index (χ2v) is 8.06. The van der Waals surface area contributed by atoms with Crippen LogP contribution >= 0.6 is 0 Å². The highest BCUT2D eigenvalue weighted by molar-refractivity contribution is 5.68. The van der Waals surface area contributed by atoms with E-state index in [1.165, 1.54) is 12.8 Å². The van der Waals surface area contributed by atoms with Crippen molar-refractivity contribution in [2.75, 3.05) is 13.1 Å². The molecule has 124 valence electrons. The van der Waals surface area contributed by atoms with Gasteiger partial charge in [0.15, 0.2) is 0 Å². The molecule has 0 bridgehead atoms. The zero-order valence-electron chi connectivity index (χ0n) is 14.2. The zero-order valence-corrected chi connectivity index (χ0v) is 14.2. The fourth-order valence-electron chi connectivity index (χ4n) is 4.08. The van der Waals surface area contributed by atoms with Gasteiger partial charge in [-0.1, -0.05) is 12.2 Å². The van der Waals surface area contributed by atoms with Crippen molar-refractivity contribution < 1.29 is 9.53 Å². The number of amides is 1. The topological polar surface area (TPSA) is 41.6 Å². The average Bonchev–Trinajstić information content (AvgIpc) is 2.99. The molecular formula is C18H30N2O2. The lowest BCUT2D eigenvalue weighted by atomic mass is 9.71. The van der Waals surface area contributed by atoms with E-state index in [0.717, 1.165) is 44.2 Å². The third-order valence-corrected chi connectivity index (χ3v) is 5.25. The number of nitrogens with one attached hydrogen (secondary N) is 1. The number of likely N-dealkylation sites (tertiary alicyclic amines) is 1. The first-order valence-electron chi connectivity index (χ1n) is 8.84. The van der Waals surface area contributed by atoms with Gasteiger partial charge in [0.1, 0.15) is 5.60 Å². The second-order valence-electron chi connectivity index (χ2n) is 8.06. The normalized spacial score (nSPS) is 33.7. The maximum absolute atomic E-state index is 12.3. The Balaban J connectivity index is 1.41. The molecule has 4 unspecified atom stereocenters. The van der Waals surface area contributed by atoms with E-state index in [2.05, 4.69) is 17.5 Å². The van der Waals surface area contributed by atoms with Crippen molar-refractivity contribution in [3.63, 3.8) is 0 Å². The summed E-state index contributed by atoms with van der Waals surface area (Å²) >= 11 is 0. The van der Waals surface area contributed by atoms with E-state index in [-0.39, 0.29) is 6.09 Å². The van der Waals surface area contributed by atoms with Gasteiger partial charge in [-0.05, 0) is 71.3 Å². The van der Waals surface area contributed by atoms with Crippen LogP contribution in [0.4, 0.5) is 4.79 Å². The number of nitrogens with zero attached hydrogens (tertiary/aromatic N) is 1. The van der Waals surface area contributed by atoms with Gasteiger partial charge in [-0.15, -0.1) is 0 Å². The number of hydrogen-bond acceptors (Lipinski definition) is 3. The Morgan fingerprint density at radius 1 is 1.41 bits per heavy atom. The first-order valence-corrected chi connectivity index (χ1v) is 8.84. The summed E-state index contributed by atoms with van der Waals surface area (Å²) in [6.07, 6.45) is 10.4. The Bertz CT molecular complexity index is 441. The fourth-order valence-corrected chi connectivity index (χ4v) is 4.08. The lowest BCUT2D eigenvalue weighted by molar-refractivity contribution is 0.0218. The van der Waals surface area contributed by atoms with Gasteiger partial charge in [0, 0.05) is 18.6 Å². The molecule has 0 spiro atoms. The Morgan fingerprint density at radius 3 is 2.95 bits per heavy atom. The maximum Gasteiger partial charge on any atom is 0.410 e. The number of rotatable bonds is 4. The van der Waals surface area contributed by atoms with Gasteiger partial charge >= 0.3 is 6.09 Å². The molecule has 4 heteroatoms. The molecule has 1 amide bonds. The van der Waals surface area contributed by atoms with Crippen LogP contribution in [0.15, 0.2) is 12.2 Å². The largest absolute Gasteiger partial charge is 0.444 e. The van der Waals surface area contributed by atoms with Crippen LogP contribution in [0, 0.1) is 11.8 Å². The molecule has 1 N–H and O–H groups in total. The Hall–Kier alpha value is -1.03. The van der Waals surface area contributed by atoms with Gasteiger partial charge in [0.05, 0.1) is 0 Å². The molecule has 0 aromatic rings. The van der Waals surface area contributed by atoms with Crippen molar-refractivity contribution in [3.8, 4) is 0 Å². The molecule has 2 aliphatic carbocycles. The highest BCUT2D eigenvalue weighted by atomic mass is 16.6. The summed E-state index contributed by atoms with van der Waals surface area (Å²) in [5.74, 6) is 1.67. The molecule has 22 heavy (non-hydrogen) atoms. The van der Waals surface area contributed by atoms with Gasteiger partial charge in [-0.3, -0.25) is 0 Å². The highest BCUT2D eigenvalue weighted by Gasteiger charge is 2.40. The van der Waals surface area contributed by atoms with Gasteiger partial charge in [-0.2, -0.15) is 0 Å². The van der Waals surface area contributed by atoms with Crippen molar-refractivity contribution in [3.05, 3.63) is 12.2 Å². The van der Waals surface area contributed by atoms with E-state index >= 15 is 0 Å². The van der Waals surface area contributed by atoms with Crippen molar-refractivity contribution in [2.24, 2.45) is 11.8 Å². The third-order valence-electron chi connectivity index (χ3n) is 5.25. The zero-order chi connectivity index (χ0) is 15.7. The maximum atomic E-state index is 12.3. The molecule has 1 saturated carbocycles. The highest BCUT2D eigenvalue weighted by Crippen LogP contribution is 2.42. The molecule has 1 saturated heterocycles. The molecular weight excluding hydrogens is 276 g/mol. The van der Waals surface area contributed by atoms with Crippen LogP contribution in [0.2, 0.25) is 0 Å². The van der Waals surface area contributed by atoms with E-state index in [0.29, 0.717) is 12.1 Å². The summed E-state index contributed by atoms with van der Waals surface area (Å²) in [5, 5.41) is 3.70. The molecule has 1 heterocycles. The first-order chi connectivity index (χ1) is 10.4. The SMILES string of the molecule is CC(C)(C)OC(=O)N1CCCC1CCNC1CC2CC=CC21. The van der Waals surface area contributed by atoms with E-state index in [1.54, 1.807) is 0 Å². The van der Waals surface area contributed by atoms with Crippen LogP contribution in [-0.2, 0) is 4.74 Å². The van der Waals surface area contributed by atoms with Crippen molar-refractivity contribution in [1.29, 1.82) is 0 Å². The fraction of sp³-hybridized carbons (Fsp3) is 0.833. The van der Waals surface area contributed by atoms with Crippen LogP contribution in [0.1, 0.15) is 52.9 Å². The summed E-state index contributed by atoms with van der Waals surface area (Å²) in [6.45, 7) is 7.64. The van der Waals surface area contributed by atoms with E-state index in [1.807, 2.05) is 25.7 Å². The number of carbonyl (C=O) groups excluding carboxylic acids is 1. The number of ether oxygens (including phenoxy) is 1. The molecule has 1 aliphatic heterocycles. The minimum absolute atomic E-state index is 0.141. The van der Waals surface area contributed by atoms with Gasteiger partial charge in [-0.25, -0.2) is 4.79 Å². The first kappa shape index (κ1) is 15.9. The van der Waals surface area contributed by atoms with Crippen molar-refractivity contribution in [2.45, 2.75) is 70.6 Å². The number of allylic oxidation sites excluding steroid dienone is 1. The van der Waals surface area contributed by atoms with Crippen LogP contribution in [0.5, 0.6) is 0 Å². The summed E-state index contributed by atoms with van der Waals surface area (Å²) in [7, 11) is 0. The van der Waals surface area contributed by atoms with Gasteiger partial charge < -0.3 is 15.0 Å². The Morgan fingerprint density at radius 2 is 2.23 bits per heavy atom. The molecule has 3 aliphatic rings. The van der Waals surface area contributed by atoms with Crippen LogP contribution in [0.25, 0.3) is 0 Å². The van der Waals surface area contributed by atoms with Crippen LogP contribution in [-0.4, -0.2) is 41.8 Å². The second kappa shape index (κ2) is 6.23. The average molecular weight is 306 g/mol. The summed E-state index contributed by atoms with van der Waals surface area (Å²) < 4.78 is 5.53. The third kappa shape index (κ3) is 3.48. The molecule has 4 atom stereocenters. The monoisotopic (exact) mass is 306 g/mol. The van der Waals surface area contributed by atoms with Gasteiger partial charge in [0.25, 0.3) is 0 Å². The minimum atomic E-state index is -0.405. The van der Waals surface area contributed by atoms with E-state index in [4.69, 9.17) is 4.74 Å². The Kier molecular flexibility index (Phi) is 4.49. The van der Waals surface area contributed by atoms with Crippen molar-refractivity contribution >= 4 is 6.09 Å². The molecule has 0 aromatic carbocycles. The smallest absolute Gasteiger partial charge is 0.410 e. The molecule has 2 fully saturated rings. The quantitative estimate of drug-likeness (QED) is 0.810. The molecule has 0 radical (unpaired) electrons. The molecule has 0 aromatic heterocycles. The van der Waals surface area contributed by atoms with Crippen LogP contribution < -0.4 is 5.32 Å². The van der Waals surface area contributed by atoms with E-state index in [9.17, 15) is 4.79 Å². The number of fused-ring (bicyclic) bond motifs is 1. The summed E-state index contributed by atoms with van der Waals surface area (Å²) in [4.78, 5) is 14.2. The molecule has 3 rings (SSSR count). The summed E-state index contributed by atoms with van der Waals surface area (Å²) in [5.41, 5.74) is -0.405. The predicted octanol–water partition coefficient (Wildman–Crippen LogP) is 3.33. The lowest BCUT2D eigenvalue weighted by Gasteiger charge is -2.41. The standard InChI is InChI=1S/C18H30N2O2/c1-18(2,3)22-17(21)20-11-5-7-14(20)9-10-19-16-12-13-6-4-8-15(13)16/h4,8,13-16,19H,5-7,9-12H2,1-3H3. The van der Waals surface area contributed by atoms with Gasteiger partial charge in [0.2, 0.25) is 0 Å². The van der Waals surface area contributed by atoms with E-state index < -0.39 is 5.60 Å². The number of hydrogen-bond donors (Lipinski definition) is 1. The molecule has 4 nitrogen and oxygen atoms in total. The Labute approximate surface area is 134 Å². The van der Waals surface area contributed by atoms with Crippen LogP contribution in [0.3, 0.4) is 0 Å². The lowest BCUT2D eigenvalue weighted by Crippen LogP contribution is -2.49. The minimum Gasteiger partial charge on any atom is -0.444 e. The van der Waals surface area contributed by atoms with Crippen molar-refractivity contribution in [1.82, 2.24) is 10.2 Å². The number of carbonyl (C=O) groups is 1.